The first-order chi connectivity index (χ1) is 13.2. The summed E-state index contributed by atoms with van der Waals surface area (Å²) in [7, 11) is -3.49. The van der Waals surface area contributed by atoms with Crippen LogP contribution in [0.1, 0.15) is 30.5 Å². The van der Waals surface area contributed by atoms with Crippen molar-refractivity contribution >= 4 is 15.9 Å². The van der Waals surface area contributed by atoms with E-state index in [9.17, 15) is 13.2 Å². The Kier molecular flexibility index (Phi) is 7.60. The summed E-state index contributed by atoms with van der Waals surface area (Å²) in [6.07, 6.45) is 0.604. The molecule has 0 saturated heterocycles. The molecule has 0 spiro atoms. The monoisotopic (exact) mass is 404 g/mol. The summed E-state index contributed by atoms with van der Waals surface area (Å²) in [6, 6.07) is 12.3. The Morgan fingerprint density at radius 2 is 1.64 bits per heavy atom. The zero-order chi connectivity index (χ0) is 20.7. The number of rotatable bonds is 9. The van der Waals surface area contributed by atoms with Crippen LogP contribution in [0.4, 0.5) is 0 Å². The summed E-state index contributed by atoms with van der Waals surface area (Å²) in [5, 5.41) is 2.82. The lowest BCUT2D eigenvalue weighted by atomic mass is 10.1. The van der Waals surface area contributed by atoms with Crippen LogP contribution in [-0.4, -0.2) is 33.5 Å². The second kappa shape index (κ2) is 9.71. The molecule has 0 saturated carbocycles. The number of ether oxygens (including phenoxy) is 1. The van der Waals surface area contributed by atoms with Gasteiger partial charge in [-0.05, 0) is 62.9 Å². The van der Waals surface area contributed by atoms with Gasteiger partial charge < -0.3 is 10.1 Å². The third kappa shape index (κ3) is 6.35. The molecule has 0 atom stereocenters. The number of hydrogen-bond acceptors (Lipinski definition) is 4. The van der Waals surface area contributed by atoms with Crippen LogP contribution in [0.5, 0.6) is 5.75 Å². The van der Waals surface area contributed by atoms with E-state index < -0.39 is 10.0 Å². The Morgan fingerprint density at radius 1 is 1.04 bits per heavy atom. The van der Waals surface area contributed by atoms with Crippen molar-refractivity contribution < 1.29 is 17.9 Å². The predicted molar refractivity (Wildman–Crippen MR) is 110 cm³/mol. The molecule has 0 fully saturated rings. The summed E-state index contributed by atoms with van der Waals surface area (Å²) in [6.45, 7) is 7.86. The highest BCUT2D eigenvalue weighted by molar-refractivity contribution is 7.89. The largest absolute Gasteiger partial charge is 0.483 e. The maximum Gasteiger partial charge on any atom is 0.257 e. The van der Waals surface area contributed by atoms with Crippen LogP contribution < -0.4 is 14.8 Å². The molecule has 28 heavy (non-hydrogen) atoms. The molecule has 7 heteroatoms. The summed E-state index contributed by atoms with van der Waals surface area (Å²) < 4.78 is 32.4. The average Bonchev–Trinajstić information content (AvgIpc) is 2.60. The van der Waals surface area contributed by atoms with Crippen molar-refractivity contribution in [1.29, 1.82) is 0 Å². The highest BCUT2D eigenvalue weighted by atomic mass is 32.2. The molecule has 0 unspecified atom stereocenters. The van der Waals surface area contributed by atoms with Crippen molar-refractivity contribution in [2.75, 3.05) is 13.2 Å². The van der Waals surface area contributed by atoms with Crippen molar-refractivity contribution in [3.05, 3.63) is 59.2 Å². The summed E-state index contributed by atoms with van der Waals surface area (Å²) in [5.74, 6) is 0.549. The van der Waals surface area contributed by atoms with Gasteiger partial charge >= 0.3 is 0 Å². The number of amides is 1. The second-order valence-corrected chi connectivity index (χ2v) is 8.74. The third-order valence-corrected chi connectivity index (χ3v) is 5.79. The molecule has 1 amide bonds. The molecule has 2 aromatic carbocycles. The van der Waals surface area contributed by atoms with Crippen molar-refractivity contribution in [1.82, 2.24) is 10.0 Å². The number of hydrogen-bond donors (Lipinski definition) is 2. The van der Waals surface area contributed by atoms with E-state index in [4.69, 9.17) is 4.74 Å². The van der Waals surface area contributed by atoms with E-state index in [-0.39, 0.29) is 23.5 Å². The van der Waals surface area contributed by atoms with E-state index in [0.717, 1.165) is 22.4 Å². The summed E-state index contributed by atoms with van der Waals surface area (Å²) in [5.41, 5.74) is 2.93. The molecule has 6 nitrogen and oxygen atoms in total. The number of carbonyl (C=O) groups excluding carboxylic acids is 1. The standard InChI is InChI=1S/C21H28N2O4S/c1-15(2)23-28(25,26)19-10-8-18(9-11-19)12-13-22-20(24)14-27-21-16(3)6-5-7-17(21)4/h5-11,15,23H,12-14H2,1-4H3,(H,22,24). The smallest absolute Gasteiger partial charge is 0.257 e. The number of nitrogens with one attached hydrogen (secondary N) is 2. The molecule has 0 aliphatic rings. The first kappa shape index (κ1) is 21.9. The van der Waals surface area contributed by atoms with Gasteiger partial charge in [-0.25, -0.2) is 13.1 Å². The second-order valence-electron chi connectivity index (χ2n) is 7.03. The molecule has 0 heterocycles. The van der Waals surface area contributed by atoms with Gasteiger partial charge in [-0.3, -0.25) is 4.79 Å². The average molecular weight is 405 g/mol. The van der Waals surface area contributed by atoms with Crippen LogP contribution in [0.2, 0.25) is 0 Å². The molecule has 0 bridgehead atoms. The van der Waals surface area contributed by atoms with Gasteiger partial charge in [0.1, 0.15) is 5.75 Å². The van der Waals surface area contributed by atoms with Crippen molar-refractivity contribution in [3.63, 3.8) is 0 Å². The first-order valence-electron chi connectivity index (χ1n) is 9.26. The Morgan fingerprint density at radius 3 is 2.21 bits per heavy atom. The number of sulfonamides is 1. The first-order valence-corrected chi connectivity index (χ1v) is 10.7. The number of benzene rings is 2. The maximum absolute atomic E-state index is 12.1. The predicted octanol–water partition coefficient (Wildman–Crippen LogP) is 2.73. The maximum atomic E-state index is 12.1. The number of carbonyl (C=O) groups is 1. The fourth-order valence-corrected chi connectivity index (χ4v) is 4.03. The Hall–Kier alpha value is -2.38. The SMILES string of the molecule is Cc1cccc(C)c1OCC(=O)NCCc1ccc(S(=O)(=O)NC(C)C)cc1. The van der Waals surface area contributed by atoms with Gasteiger partial charge in [-0.15, -0.1) is 0 Å². The lowest BCUT2D eigenvalue weighted by Crippen LogP contribution is -2.31. The molecule has 0 aromatic heterocycles. The highest BCUT2D eigenvalue weighted by Crippen LogP contribution is 2.22. The van der Waals surface area contributed by atoms with E-state index >= 15 is 0 Å². The quantitative estimate of drug-likeness (QED) is 0.673. The fourth-order valence-electron chi connectivity index (χ4n) is 2.78. The van der Waals surface area contributed by atoms with Crippen molar-refractivity contribution in [2.24, 2.45) is 0 Å². The molecule has 152 valence electrons. The van der Waals surface area contributed by atoms with Crippen molar-refractivity contribution in [2.45, 2.75) is 45.1 Å². The van der Waals surface area contributed by atoms with E-state index in [1.54, 1.807) is 38.1 Å². The molecular formula is C21H28N2O4S. The number of para-hydroxylation sites is 1. The van der Waals surface area contributed by atoms with Crippen LogP contribution in [0, 0.1) is 13.8 Å². The zero-order valence-electron chi connectivity index (χ0n) is 16.8. The van der Waals surface area contributed by atoms with Crippen LogP contribution in [0.3, 0.4) is 0 Å². The van der Waals surface area contributed by atoms with Crippen LogP contribution in [-0.2, 0) is 21.2 Å². The van der Waals surface area contributed by atoms with E-state index in [1.165, 1.54) is 0 Å². The van der Waals surface area contributed by atoms with E-state index in [2.05, 4.69) is 10.0 Å². The lowest BCUT2D eigenvalue weighted by molar-refractivity contribution is -0.123. The molecule has 0 radical (unpaired) electrons. The van der Waals surface area contributed by atoms with Gasteiger partial charge in [0.05, 0.1) is 4.90 Å². The minimum atomic E-state index is -3.49. The van der Waals surface area contributed by atoms with Crippen LogP contribution in [0.25, 0.3) is 0 Å². The van der Waals surface area contributed by atoms with Gasteiger partial charge in [-0.1, -0.05) is 30.3 Å². The van der Waals surface area contributed by atoms with Crippen LogP contribution >= 0.6 is 0 Å². The lowest BCUT2D eigenvalue weighted by Gasteiger charge is -2.12. The van der Waals surface area contributed by atoms with Crippen LogP contribution in [0.15, 0.2) is 47.4 Å². The number of aryl methyl sites for hydroxylation is 2. The highest BCUT2D eigenvalue weighted by Gasteiger charge is 2.14. The fraction of sp³-hybridized carbons (Fsp3) is 0.381. The molecule has 0 aliphatic carbocycles. The van der Waals surface area contributed by atoms with Gasteiger partial charge in [0.2, 0.25) is 10.0 Å². The zero-order valence-corrected chi connectivity index (χ0v) is 17.6. The summed E-state index contributed by atoms with van der Waals surface area (Å²) >= 11 is 0. The molecule has 2 N–H and O–H groups in total. The molecule has 2 rings (SSSR count). The van der Waals surface area contributed by atoms with Gasteiger partial charge in [0, 0.05) is 12.6 Å². The van der Waals surface area contributed by atoms with Crippen molar-refractivity contribution in [3.8, 4) is 5.75 Å². The minimum absolute atomic E-state index is 0.0380. The van der Waals surface area contributed by atoms with Gasteiger partial charge in [0.15, 0.2) is 6.61 Å². The third-order valence-electron chi connectivity index (χ3n) is 4.12. The topological polar surface area (TPSA) is 84.5 Å². The van der Waals surface area contributed by atoms with E-state index in [1.807, 2.05) is 32.0 Å². The molecule has 2 aromatic rings. The minimum Gasteiger partial charge on any atom is -0.483 e. The summed E-state index contributed by atoms with van der Waals surface area (Å²) in [4.78, 5) is 12.2. The van der Waals surface area contributed by atoms with E-state index in [0.29, 0.717) is 13.0 Å². The molecular weight excluding hydrogens is 376 g/mol. The Bertz CT molecular complexity index is 886. The van der Waals surface area contributed by atoms with Gasteiger partial charge in [0.25, 0.3) is 5.91 Å². The normalized spacial score (nSPS) is 11.5. The van der Waals surface area contributed by atoms with Gasteiger partial charge in [-0.2, -0.15) is 0 Å². The molecule has 0 aliphatic heterocycles. The Balaban J connectivity index is 1.81. The Labute approximate surface area is 167 Å².